The van der Waals surface area contributed by atoms with Crippen LogP contribution in [-0.2, 0) is 15.0 Å². The maximum absolute atomic E-state index is 13.0. The molecule has 0 radical (unpaired) electrons. The Hall–Kier alpha value is -3.64. The molecule has 1 saturated heterocycles. The molecule has 37 heavy (non-hydrogen) atoms. The first-order chi connectivity index (χ1) is 17.7. The minimum Gasteiger partial charge on any atom is -0.497 e. The van der Waals surface area contributed by atoms with E-state index in [1.165, 1.54) is 14.2 Å². The van der Waals surface area contributed by atoms with Gasteiger partial charge in [0.2, 0.25) is 5.91 Å². The van der Waals surface area contributed by atoms with Crippen molar-refractivity contribution in [3.8, 4) is 11.5 Å². The van der Waals surface area contributed by atoms with Crippen LogP contribution in [0.5, 0.6) is 11.5 Å². The van der Waals surface area contributed by atoms with E-state index in [0.717, 1.165) is 19.3 Å². The molecule has 0 saturated carbocycles. The number of nitrogens with zero attached hydrogens (tertiary/aromatic N) is 3. The molecule has 1 aliphatic heterocycles. The van der Waals surface area contributed by atoms with Crippen molar-refractivity contribution in [2.75, 3.05) is 30.8 Å². The first-order valence-corrected chi connectivity index (χ1v) is 13.5. The molecule has 1 amide bonds. The number of hydrogen-bond donors (Lipinski definition) is 3. The van der Waals surface area contributed by atoms with Crippen LogP contribution in [0.25, 0.3) is 11.0 Å². The van der Waals surface area contributed by atoms with Crippen molar-refractivity contribution < 1.29 is 22.7 Å². The molecule has 2 heterocycles. The van der Waals surface area contributed by atoms with Gasteiger partial charge in [0.25, 0.3) is 0 Å². The second kappa shape index (κ2) is 11.2. The molecule has 2 unspecified atom stereocenters. The predicted molar refractivity (Wildman–Crippen MR) is 143 cm³/mol. The average Bonchev–Trinajstić information content (AvgIpc) is 2.86. The summed E-state index contributed by atoms with van der Waals surface area (Å²) >= 11 is 0. The minimum atomic E-state index is -4.30. The quantitative estimate of drug-likeness (QED) is 0.382. The van der Waals surface area contributed by atoms with E-state index in [0.29, 0.717) is 28.2 Å². The number of para-hydroxylation sites is 2. The molecule has 0 bridgehead atoms. The van der Waals surface area contributed by atoms with Crippen LogP contribution in [0.4, 0.5) is 17.3 Å². The number of aromatic nitrogens is 2. The fraction of sp³-hybridized carbons (Fsp3) is 0.400. The summed E-state index contributed by atoms with van der Waals surface area (Å²) in [6.45, 7) is 4.08. The summed E-state index contributed by atoms with van der Waals surface area (Å²) in [5.41, 5.74) is 1.58. The standard InChI is InChI=1S/C25H32N6O5S/c1-16-8-7-9-17(2)31(16)15-23(32)29-37(33,34)30-25-24(27-21-10-5-6-11-22(21)28-25)26-18-12-19(35-3)14-20(13-18)36-4/h5-6,10-14,16-17H,7-9,15H2,1-4H3,(H,26,27)(H,28,30)(H,29,32). The van der Waals surface area contributed by atoms with Crippen molar-refractivity contribution >= 4 is 44.5 Å². The summed E-state index contributed by atoms with van der Waals surface area (Å²) in [4.78, 5) is 23.7. The predicted octanol–water partition coefficient (Wildman–Crippen LogP) is 3.43. The molecule has 11 nitrogen and oxygen atoms in total. The highest BCUT2D eigenvalue weighted by Crippen LogP contribution is 2.31. The van der Waals surface area contributed by atoms with Gasteiger partial charge in [-0.2, -0.15) is 8.42 Å². The van der Waals surface area contributed by atoms with E-state index >= 15 is 0 Å². The van der Waals surface area contributed by atoms with E-state index < -0.39 is 16.1 Å². The minimum absolute atomic E-state index is 0.0125. The number of fused-ring (bicyclic) bond motifs is 1. The van der Waals surface area contributed by atoms with E-state index in [1.54, 1.807) is 36.4 Å². The third kappa shape index (κ3) is 6.57. The number of carbonyl (C=O) groups is 1. The lowest BCUT2D eigenvalue weighted by atomic mass is 9.98. The van der Waals surface area contributed by atoms with Crippen LogP contribution < -0.4 is 24.2 Å². The van der Waals surface area contributed by atoms with E-state index in [9.17, 15) is 13.2 Å². The fourth-order valence-electron chi connectivity index (χ4n) is 4.46. The fourth-order valence-corrected chi connectivity index (χ4v) is 5.27. The normalized spacial score (nSPS) is 18.3. The van der Waals surface area contributed by atoms with Gasteiger partial charge < -0.3 is 14.8 Å². The summed E-state index contributed by atoms with van der Waals surface area (Å²) in [5.74, 6) is 0.525. The lowest BCUT2D eigenvalue weighted by Crippen LogP contribution is -2.50. The molecule has 1 aromatic heterocycles. The third-order valence-electron chi connectivity index (χ3n) is 6.37. The summed E-state index contributed by atoms with van der Waals surface area (Å²) in [5, 5.41) is 3.09. The molecule has 0 spiro atoms. The number of amides is 1. The lowest BCUT2D eigenvalue weighted by molar-refractivity contribution is -0.122. The number of anilines is 3. The van der Waals surface area contributed by atoms with Crippen molar-refractivity contribution in [3.63, 3.8) is 0 Å². The number of methoxy groups -OCH3 is 2. The second-order valence-electron chi connectivity index (χ2n) is 9.07. The summed E-state index contributed by atoms with van der Waals surface area (Å²) in [6.07, 6.45) is 3.04. The van der Waals surface area contributed by atoms with E-state index in [2.05, 4.69) is 24.7 Å². The van der Waals surface area contributed by atoms with Gasteiger partial charge in [-0.25, -0.2) is 19.4 Å². The van der Waals surface area contributed by atoms with Crippen LogP contribution in [-0.4, -0.2) is 62.0 Å². The molecule has 12 heteroatoms. The highest BCUT2D eigenvalue weighted by Gasteiger charge is 2.28. The van der Waals surface area contributed by atoms with E-state index in [-0.39, 0.29) is 30.3 Å². The maximum atomic E-state index is 13.0. The number of carbonyl (C=O) groups excluding carboxylic acids is 1. The van der Waals surface area contributed by atoms with Crippen molar-refractivity contribution in [2.45, 2.75) is 45.2 Å². The smallest absolute Gasteiger partial charge is 0.325 e. The zero-order valence-electron chi connectivity index (χ0n) is 21.3. The molecule has 2 aromatic carbocycles. The first-order valence-electron chi connectivity index (χ1n) is 12.0. The van der Waals surface area contributed by atoms with Crippen LogP contribution in [0, 0.1) is 0 Å². The number of ether oxygens (including phenoxy) is 2. The van der Waals surface area contributed by atoms with Gasteiger partial charge in [0, 0.05) is 36.0 Å². The van der Waals surface area contributed by atoms with Gasteiger partial charge in [-0.3, -0.25) is 9.69 Å². The Morgan fingerprint density at radius 3 is 2.11 bits per heavy atom. The van der Waals surface area contributed by atoms with Crippen LogP contribution in [0.1, 0.15) is 33.1 Å². The Bertz CT molecular complexity index is 1350. The van der Waals surface area contributed by atoms with Gasteiger partial charge in [0.1, 0.15) is 11.5 Å². The number of hydrogen-bond acceptors (Lipinski definition) is 9. The molecule has 3 aromatic rings. The van der Waals surface area contributed by atoms with Crippen LogP contribution in [0.15, 0.2) is 42.5 Å². The highest BCUT2D eigenvalue weighted by molar-refractivity contribution is 7.91. The monoisotopic (exact) mass is 528 g/mol. The van der Waals surface area contributed by atoms with Gasteiger partial charge in [-0.15, -0.1) is 0 Å². The molecule has 1 fully saturated rings. The second-order valence-corrected chi connectivity index (χ2v) is 10.5. The SMILES string of the molecule is COc1cc(Nc2nc3ccccc3nc2NS(=O)(=O)NC(=O)CN2C(C)CCCC2C)cc(OC)c1. The Kier molecular flexibility index (Phi) is 7.98. The zero-order chi connectivity index (χ0) is 26.6. The first kappa shape index (κ1) is 26.4. The molecular formula is C25H32N6O5S. The summed E-state index contributed by atoms with van der Waals surface area (Å²) in [7, 11) is -1.24. The lowest BCUT2D eigenvalue weighted by Gasteiger charge is -2.38. The Balaban J connectivity index is 1.59. The van der Waals surface area contributed by atoms with Crippen LogP contribution in [0.2, 0.25) is 0 Å². The number of benzene rings is 2. The van der Waals surface area contributed by atoms with Gasteiger partial charge in [-0.05, 0) is 38.8 Å². The van der Waals surface area contributed by atoms with E-state index in [4.69, 9.17) is 9.47 Å². The van der Waals surface area contributed by atoms with Crippen molar-refractivity contribution in [1.29, 1.82) is 0 Å². The maximum Gasteiger partial charge on any atom is 0.325 e. The van der Waals surface area contributed by atoms with Crippen molar-refractivity contribution in [2.24, 2.45) is 0 Å². The van der Waals surface area contributed by atoms with Crippen LogP contribution in [0.3, 0.4) is 0 Å². The number of piperidine rings is 1. The summed E-state index contributed by atoms with van der Waals surface area (Å²) < 4.78 is 41.0. The molecule has 1 aliphatic rings. The van der Waals surface area contributed by atoms with Gasteiger partial charge in [-0.1, -0.05) is 18.6 Å². The van der Waals surface area contributed by atoms with Crippen molar-refractivity contribution in [3.05, 3.63) is 42.5 Å². The molecule has 198 valence electrons. The highest BCUT2D eigenvalue weighted by atomic mass is 32.2. The zero-order valence-corrected chi connectivity index (χ0v) is 22.1. The van der Waals surface area contributed by atoms with Crippen LogP contribution >= 0.6 is 0 Å². The molecular weight excluding hydrogens is 496 g/mol. The summed E-state index contributed by atoms with van der Waals surface area (Å²) in [6, 6.07) is 12.6. The van der Waals surface area contributed by atoms with Gasteiger partial charge in [0.15, 0.2) is 11.6 Å². The van der Waals surface area contributed by atoms with Gasteiger partial charge >= 0.3 is 10.2 Å². The molecule has 3 N–H and O–H groups in total. The number of likely N-dealkylation sites (tertiary alicyclic amines) is 1. The Morgan fingerprint density at radius 1 is 0.973 bits per heavy atom. The Morgan fingerprint density at radius 2 is 1.54 bits per heavy atom. The van der Waals surface area contributed by atoms with E-state index in [1.807, 2.05) is 24.8 Å². The topological polar surface area (TPSA) is 135 Å². The number of nitrogens with one attached hydrogen (secondary N) is 3. The Labute approximate surface area is 216 Å². The number of rotatable bonds is 9. The third-order valence-corrected chi connectivity index (χ3v) is 7.32. The average molecular weight is 529 g/mol. The largest absolute Gasteiger partial charge is 0.497 e. The molecule has 2 atom stereocenters. The molecule has 4 rings (SSSR count). The van der Waals surface area contributed by atoms with Gasteiger partial charge in [0.05, 0.1) is 31.8 Å². The van der Waals surface area contributed by atoms with Crippen molar-refractivity contribution in [1.82, 2.24) is 19.6 Å². The molecule has 0 aliphatic carbocycles.